The first-order valence-electron chi connectivity index (χ1n) is 7.57. The van der Waals surface area contributed by atoms with Crippen LogP contribution in [0.1, 0.15) is 22.5 Å². The van der Waals surface area contributed by atoms with Gasteiger partial charge in [0, 0.05) is 6.54 Å². The van der Waals surface area contributed by atoms with E-state index in [1.807, 2.05) is 56.3 Å². The predicted molar refractivity (Wildman–Crippen MR) is 89.5 cm³/mol. The maximum atomic E-state index is 5.88. The maximum absolute atomic E-state index is 5.88. The zero-order valence-corrected chi connectivity index (χ0v) is 13.4. The summed E-state index contributed by atoms with van der Waals surface area (Å²) in [5.74, 6) is 0.815. The van der Waals surface area contributed by atoms with Gasteiger partial charge < -0.3 is 10.5 Å². The van der Waals surface area contributed by atoms with Gasteiger partial charge in [-0.25, -0.2) is 4.68 Å². The summed E-state index contributed by atoms with van der Waals surface area (Å²) in [6.45, 7) is 4.80. The highest BCUT2D eigenvalue weighted by Gasteiger charge is 2.14. The topological polar surface area (TPSA) is 66.0 Å². The van der Waals surface area contributed by atoms with Crippen molar-refractivity contribution in [3.8, 4) is 11.4 Å². The zero-order chi connectivity index (χ0) is 16.2. The summed E-state index contributed by atoms with van der Waals surface area (Å²) < 4.78 is 7.68. The second kappa shape index (κ2) is 6.62. The van der Waals surface area contributed by atoms with Gasteiger partial charge in [-0.05, 0) is 43.7 Å². The Balaban J connectivity index is 1.88. The molecule has 23 heavy (non-hydrogen) atoms. The van der Waals surface area contributed by atoms with Crippen molar-refractivity contribution in [3.63, 3.8) is 0 Å². The normalized spacial score (nSPS) is 10.7. The van der Waals surface area contributed by atoms with E-state index in [1.54, 1.807) is 4.68 Å². The molecule has 2 aromatic carbocycles. The highest BCUT2D eigenvalue weighted by atomic mass is 16.5. The van der Waals surface area contributed by atoms with Crippen molar-refractivity contribution in [2.75, 3.05) is 0 Å². The van der Waals surface area contributed by atoms with Crippen LogP contribution >= 0.6 is 0 Å². The molecular formula is C18H20N4O. The van der Waals surface area contributed by atoms with Gasteiger partial charge in [-0.2, -0.15) is 0 Å². The molecule has 0 aliphatic carbocycles. The van der Waals surface area contributed by atoms with Crippen LogP contribution in [-0.2, 0) is 13.2 Å². The molecule has 3 rings (SSSR count). The largest absolute Gasteiger partial charge is 0.487 e. The molecule has 0 spiro atoms. The number of aromatic nitrogens is 3. The number of rotatable bonds is 5. The first-order valence-corrected chi connectivity index (χ1v) is 7.57. The van der Waals surface area contributed by atoms with E-state index in [4.69, 9.17) is 10.5 Å². The molecule has 0 saturated heterocycles. The molecule has 0 bridgehead atoms. The maximum Gasteiger partial charge on any atom is 0.132 e. The number of hydrogen-bond acceptors (Lipinski definition) is 4. The van der Waals surface area contributed by atoms with E-state index in [0.29, 0.717) is 13.2 Å². The van der Waals surface area contributed by atoms with Crippen LogP contribution in [-0.4, -0.2) is 15.0 Å². The van der Waals surface area contributed by atoms with Crippen molar-refractivity contribution < 1.29 is 4.74 Å². The summed E-state index contributed by atoms with van der Waals surface area (Å²) in [5.41, 5.74) is 10.7. The first kappa shape index (κ1) is 15.2. The minimum atomic E-state index is 0.332. The van der Waals surface area contributed by atoms with Crippen LogP contribution in [0.15, 0.2) is 48.5 Å². The second-order valence-electron chi connectivity index (χ2n) is 5.54. The van der Waals surface area contributed by atoms with Crippen molar-refractivity contribution >= 4 is 0 Å². The van der Waals surface area contributed by atoms with E-state index in [0.717, 1.165) is 28.4 Å². The van der Waals surface area contributed by atoms with Gasteiger partial charge >= 0.3 is 0 Å². The van der Waals surface area contributed by atoms with Gasteiger partial charge in [0.1, 0.15) is 23.7 Å². The van der Waals surface area contributed by atoms with E-state index < -0.39 is 0 Å². The Morgan fingerprint density at radius 2 is 1.83 bits per heavy atom. The van der Waals surface area contributed by atoms with Crippen molar-refractivity contribution in [2.24, 2.45) is 5.73 Å². The lowest BCUT2D eigenvalue weighted by atomic mass is 10.2. The van der Waals surface area contributed by atoms with Gasteiger partial charge in [-0.1, -0.05) is 35.0 Å². The lowest BCUT2D eigenvalue weighted by Crippen LogP contribution is -2.09. The van der Waals surface area contributed by atoms with Gasteiger partial charge in [0.2, 0.25) is 0 Å². The molecule has 1 aromatic heterocycles. The fourth-order valence-corrected chi connectivity index (χ4v) is 2.39. The van der Waals surface area contributed by atoms with E-state index in [2.05, 4.69) is 16.4 Å². The Labute approximate surface area is 135 Å². The van der Waals surface area contributed by atoms with Gasteiger partial charge in [0.05, 0.1) is 5.69 Å². The SMILES string of the molecule is Cc1ccc(OCc2c(CN)nnn2-c2cccc(C)c2)cc1. The van der Waals surface area contributed by atoms with Crippen LogP contribution in [0.2, 0.25) is 0 Å². The number of nitrogens with zero attached hydrogens (tertiary/aromatic N) is 3. The lowest BCUT2D eigenvalue weighted by Gasteiger charge is -2.10. The molecule has 3 aromatic rings. The summed E-state index contributed by atoms with van der Waals surface area (Å²) in [5, 5.41) is 8.41. The third kappa shape index (κ3) is 3.40. The third-order valence-corrected chi connectivity index (χ3v) is 3.68. The minimum absolute atomic E-state index is 0.332. The van der Waals surface area contributed by atoms with E-state index in [9.17, 15) is 0 Å². The quantitative estimate of drug-likeness (QED) is 0.787. The van der Waals surface area contributed by atoms with E-state index in [1.165, 1.54) is 5.56 Å². The zero-order valence-electron chi connectivity index (χ0n) is 13.4. The summed E-state index contributed by atoms with van der Waals surface area (Å²) >= 11 is 0. The third-order valence-electron chi connectivity index (χ3n) is 3.68. The predicted octanol–water partition coefficient (Wildman–Crippen LogP) is 2.92. The molecule has 5 nitrogen and oxygen atoms in total. The molecule has 118 valence electrons. The van der Waals surface area contributed by atoms with E-state index >= 15 is 0 Å². The smallest absolute Gasteiger partial charge is 0.132 e. The van der Waals surface area contributed by atoms with Gasteiger partial charge in [0.15, 0.2) is 0 Å². The van der Waals surface area contributed by atoms with Crippen LogP contribution in [0, 0.1) is 13.8 Å². The number of aryl methyl sites for hydroxylation is 2. The molecule has 5 heteroatoms. The fourth-order valence-electron chi connectivity index (χ4n) is 2.39. The number of benzene rings is 2. The van der Waals surface area contributed by atoms with Crippen LogP contribution in [0.25, 0.3) is 5.69 Å². The molecule has 1 heterocycles. The molecule has 0 aliphatic heterocycles. The number of nitrogens with two attached hydrogens (primary N) is 1. The summed E-state index contributed by atoms with van der Waals surface area (Å²) in [6.07, 6.45) is 0. The van der Waals surface area contributed by atoms with Crippen molar-refractivity contribution in [1.82, 2.24) is 15.0 Å². The van der Waals surface area contributed by atoms with Crippen LogP contribution in [0.4, 0.5) is 0 Å². The average Bonchev–Trinajstić information content (AvgIpc) is 2.97. The summed E-state index contributed by atoms with van der Waals surface area (Å²) in [6, 6.07) is 16.1. The van der Waals surface area contributed by atoms with E-state index in [-0.39, 0.29) is 0 Å². The average molecular weight is 308 g/mol. The van der Waals surface area contributed by atoms with Crippen molar-refractivity contribution in [3.05, 3.63) is 71.0 Å². The number of hydrogen-bond donors (Lipinski definition) is 1. The Morgan fingerprint density at radius 1 is 1.04 bits per heavy atom. The molecule has 2 N–H and O–H groups in total. The van der Waals surface area contributed by atoms with Crippen LogP contribution in [0.3, 0.4) is 0 Å². The Kier molecular flexibility index (Phi) is 4.39. The second-order valence-corrected chi connectivity index (χ2v) is 5.54. The number of ether oxygens (including phenoxy) is 1. The van der Waals surface area contributed by atoms with Gasteiger partial charge in [-0.3, -0.25) is 0 Å². The molecule has 0 unspecified atom stereocenters. The molecule has 0 radical (unpaired) electrons. The molecule has 0 saturated carbocycles. The summed E-state index contributed by atoms with van der Waals surface area (Å²) in [4.78, 5) is 0. The van der Waals surface area contributed by atoms with Crippen molar-refractivity contribution in [2.45, 2.75) is 27.0 Å². The molecule has 0 atom stereocenters. The Hall–Kier alpha value is -2.66. The van der Waals surface area contributed by atoms with Crippen LogP contribution < -0.4 is 10.5 Å². The lowest BCUT2D eigenvalue weighted by molar-refractivity contribution is 0.296. The Bertz CT molecular complexity index is 793. The highest BCUT2D eigenvalue weighted by Crippen LogP contribution is 2.18. The molecule has 0 aliphatic rings. The molecular weight excluding hydrogens is 288 g/mol. The summed E-state index contributed by atoms with van der Waals surface area (Å²) in [7, 11) is 0. The van der Waals surface area contributed by atoms with Crippen molar-refractivity contribution in [1.29, 1.82) is 0 Å². The Morgan fingerprint density at radius 3 is 2.52 bits per heavy atom. The highest BCUT2D eigenvalue weighted by molar-refractivity contribution is 5.37. The standard InChI is InChI=1S/C18H20N4O/c1-13-6-8-16(9-7-13)23-12-18-17(11-19)20-21-22(18)15-5-3-4-14(2)10-15/h3-10H,11-12,19H2,1-2H3. The van der Waals surface area contributed by atoms with Crippen LogP contribution in [0.5, 0.6) is 5.75 Å². The minimum Gasteiger partial charge on any atom is -0.487 e. The monoisotopic (exact) mass is 308 g/mol. The van der Waals surface area contributed by atoms with Gasteiger partial charge in [-0.15, -0.1) is 5.10 Å². The first-order chi connectivity index (χ1) is 11.2. The van der Waals surface area contributed by atoms with Gasteiger partial charge in [0.25, 0.3) is 0 Å². The molecule has 0 amide bonds. The molecule has 0 fully saturated rings. The fraction of sp³-hybridized carbons (Fsp3) is 0.222.